The maximum atomic E-state index is 4.17. The van der Waals surface area contributed by atoms with Crippen LogP contribution in [0.3, 0.4) is 0 Å². The minimum Gasteiger partial charge on any atom is -0.310 e. The first-order valence-corrected chi connectivity index (χ1v) is 6.43. The van der Waals surface area contributed by atoms with E-state index in [0.717, 1.165) is 13.0 Å². The molecule has 96 valence electrons. The highest BCUT2D eigenvalue weighted by Gasteiger charge is 2.04. The first-order valence-electron chi connectivity index (χ1n) is 6.43. The Balaban J connectivity index is 1.83. The summed E-state index contributed by atoms with van der Waals surface area (Å²) >= 11 is 0. The van der Waals surface area contributed by atoms with E-state index in [1.807, 2.05) is 17.9 Å². The van der Waals surface area contributed by atoms with Gasteiger partial charge in [0.15, 0.2) is 0 Å². The van der Waals surface area contributed by atoms with Crippen LogP contribution in [0.5, 0.6) is 0 Å². The van der Waals surface area contributed by atoms with Gasteiger partial charge in [-0.25, -0.2) is 0 Å². The molecule has 2 aromatic rings. The zero-order valence-electron chi connectivity index (χ0n) is 11.4. The van der Waals surface area contributed by atoms with Crippen molar-refractivity contribution < 1.29 is 0 Å². The second-order valence-electron chi connectivity index (χ2n) is 4.78. The van der Waals surface area contributed by atoms with Gasteiger partial charge in [0, 0.05) is 37.9 Å². The molecule has 0 aliphatic carbocycles. The van der Waals surface area contributed by atoms with Crippen LogP contribution in [0.2, 0.25) is 0 Å². The van der Waals surface area contributed by atoms with E-state index in [1.165, 1.54) is 16.8 Å². The van der Waals surface area contributed by atoms with E-state index < -0.39 is 0 Å². The lowest BCUT2D eigenvalue weighted by atomic mass is 10.1. The van der Waals surface area contributed by atoms with Crippen LogP contribution in [0, 0.1) is 6.92 Å². The van der Waals surface area contributed by atoms with E-state index in [-0.39, 0.29) is 0 Å². The average Bonchev–Trinajstić information content (AvgIpc) is 2.76. The summed E-state index contributed by atoms with van der Waals surface area (Å²) in [5.41, 5.74) is 3.91. The summed E-state index contributed by atoms with van der Waals surface area (Å²) in [6.07, 6.45) is 2.85. The molecule has 0 aliphatic rings. The summed E-state index contributed by atoms with van der Waals surface area (Å²) in [5.74, 6) is 0. The molecule has 0 spiro atoms. The van der Waals surface area contributed by atoms with Gasteiger partial charge in [0.25, 0.3) is 0 Å². The maximum absolute atomic E-state index is 4.17. The molecule has 0 aliphatic heterocycles. The zero-order valence-corrected chi connectivity index (χ0v) is 11.4. The Labute approximate surface area is 109 Å². The third-order valence-electron chi connectivity index (χ3n) is 3.33. The number of hydrogen-bond donors (Lipinski definition) is 1. The molecule has 1 aromatic carbocycles. The van der Waals surface area contributed by atoms with Gasteiger partial charge < -0.3 is 5.32 Å². The number of hydrogen-bond acceptors (Lipinski definition) is 2. The highest BCUT2D eigenvalue weighted by molar-refractivity contribution is 5.23. The standard InChI is InChI=1S/C15H21N3/c1-12-4-6-14(7-5-12)13(2)16-10-8-15-9-11-17-18(15)3/h4-7,9,11,13,16H,8,10H2,1-3H3/t13-/m0/s1. The number of nitrogens with one attached hydrogen (secondary N) is 1. The molecule has 0 radical (unpaired) electrons. The van der Waals surface area contributed by atoms with E-state index >= 15 is 0 Å². The lowest BCUT2D eigenvalue weighted by molar-refractivity contribution is 0.564. The van der Waals surface area contributed by atoms with Crippen molar-refractivity contribution in [1.29, 1.82) is 0 Å². The summed E-state index contributed by atoms with van der Waals surface area (Å²) in [6.45, 7) is 5.28. The van der Waals surface area contributed by atoms with Crippen LogP contribution in [-0.2, 0) is 13.5 Å². The molecule has 1 N–H and O–H groups in total. The van der Waals surface area contributed by atoms with Crippen molar-refractivity contribution in [3.8, 4) is 0 Å². The normalized spacial score (nSPS) is 12.6. The fourth-order valence-electron chi connectivity index (χ4n) is 2.04. The predicted molar refractivity (Wildman–Crippen MR) is 74.5 cm³/mol. The van der Waals surface area contributed by atoms with Gasteiger partial charge in [-0.05, 0) is 25.5 Å². The largest absolute Gasteiger partial charge is 0.310 e. The maximum Gasteiger partial charge on any atom is 0.0492 e. The van der Waals surface area contributed by atoms with E-state index in [2.05, 4.69) is 54.6 Å². The van der Waals surface area contributed by atoms with Crippen molar-refractivity contribution in [2.45, 2.75) is 26.3 Å². The first kappa shape index (κ1) is 12.8. The van der Waals surface area contributed by atoms with Crippen LogP contribution in [0.25, 0.3) is 0 Å². The minimum absolute atomic E-state index is 0.388. The number of rotatable bonds is 5. The molecular weight excluding hydrogens is 222 g/mol. The molecule has 1 atom stereocenters. The van der Waals surface area contributed by atoms with E-state index in [9.17, 15) is 0 Å². The van der Waals surface area contributed by atoms with Gasteiger partial charge in [0.1, 0.15) is 0 Å². The molecular formula is C15H21N3. The second-order valence-corrected chi connectivity index (χ2v) is 4.78. The highest BCUT2D eigenvalue weighted by atomic mass is 15.3. The molecule has 0 amide bonds. The van der Waals surface area contributed by atoms with Crippen molar-refractivity contribution in [3.05, 3.63) is 53.3 Å². The molecule has 2 rings (SSSR count). The fraction of sp³-hybridized carbons (Fsp3) is 0.400. The molecule has 1 aromatic heterocycles. The summed E-state index contributed by atoms with van der Waals surface area (Å²) in [7, 11) is 1.98. The third kappa shape index (κ3) is 3.20. The Morgan fingerprint density at radius 1 is 1.22 bits per heavy atom. The van der Waals surface area contributed by atoms with Gasteiger partial charge in [-0.1, -0.05) is 29.8 Å². The molecule has 0 saturated carbocycles. The summed E-state index contributed by atoms with van der Waals surface area (Å²) < 4.78 is 1.93. The monoisotopic (exact) mass is 243 g/mol. The number of nitrogens with zero attached hydrogens (tertiary/aromatic N) is 2. The average molecular weight is 243 g/mol. The van der Waals surface area contributed by atoms with E-state index in [1.54, 1.807) is 0 Å². The lowest BCUT2D eigenvalue weighted by Gasteiger charge is -2.14. The molecule has 18 heavy (non-hydrogen) atoms. The number of aryl methyl sites for hydroxylation is 2. The Morgan fingerprint density at radius 2 is 1.94 bits per heavy atom. The lowest BCUT2D eigenvalue weighted by Crippen LogP contribution is -2.22. The quantitative estimate of drug-likeness (QED) is 0.875. The summed E-state index contributed by atoms with van der Waals surface area (Å²) in [6, 6.07) is 11.2. The van der Waals surface area contributed by atoms with Crippen molar-refractivity contribution in [3.63, 3.8) is 0 Å². The molecule has 1 heterocycles. The van der Waals surface area contributed by atoms with Crippen molar-refractivity contribution in [2.75, 3.05) is 6.54 Å². The minimum atomic E-state index is 0.388. The van der Waals surface area contributed by atoms with Crippen molar-refractivity contribution >= 4 is 0 Å². The molecule has 3 heteroatoms. The SMILES string of the molecule is Cc1ccc([C@H](C)NCCc2ccnn2C)cc1. The van der Waals surface area contributed by atoms with Gasteiger partial charge >= 0.3 is 0 Å². The Morgan fingerprint density at radius 3 is 2.56 bits per heavy atom. The van der Waals surface area contributed by atoms with Gasteiger partial charge in [-0.15, -0.1) is 0 Å². The Hall–Kier alpha value is -1.61. The van der Waals surface area contributed by atoms with Crippen LogP contribution in [0.15, 0.2) is 36.5 Å². The predicted octanol–water partition coefficient (Wildman–Crippen LogP) is 2.62. The van der Waals surface area contributed by atoms with E-state index in [4.69, 9.17) is 0 Å². The molecule has 3 nitrogen and oxygen atoms in total. The number of benzene rings is 1. The van der Waals surface area contributed by atoms with Crippen LogP contribution in [0.4, 0.5) is 0 Å². The van der Waals surface area contributed by atoms with E-state index in [0.29, 0.717) is 6.04 Å². The molecule has 0 bridgehead atoms. The van der Waals surface area contributed by atoms with Crippen molar-refractivity contribution in [1.82, 2.24) is 15.1 Å². The van der Waals surface area contributed by atoms with Gasteiger partial charge in [-0.3, -0.25) is 4.68 Å². The fourth-order valence-corrected chi connectivity index (χ4v) is 2.04. The van der Waals surface area contributed by atoms with Gasteiger partial charge in [0.2, 0.25) is 0 Å². The summed E-state index contributed by atoms with van der Waals surface area (Å²) in [5, 5.41) is 7.71. The van der Waals surface area contributed by atoms with Gasteiger partial charge in [-0.2, -0.15) is 5.10 Å². The van der Waals surface area contributed by atoms with Crippen LogP contribution < -0.4 is 5.32 Å². The Kier molecular flexibility index (Phi) is 4.15. The van der Waals surface area contributed by atoms with Crippen LogP contribution in [0.1, 0.15) is 29.8 Å². The molecule has 0 saturated heterocycles. The zero-order chi connectivity index (χ0) is 13.0. The number of aromatic nitrogens is 2. The topological polar surface area (TPSA) is 29.9 Å². The van der Waals surface area contributed by atoms with Crippen molar-refractivity contribution in [2.24, 2.45) is 7.05 Å². The summed E-state index contributed by atoms with van der Waals surface area (Å²) in [4.78, 5) is 0. The third-order valence-corrected chi connectivity index (χ3v) is 3.33. The first-order chi connectivity index (χ1) is 8.66. The molecule has 0 fully saturated rings. The van der Waals surface area contributed by atoms with Crippen LogP contribution >= 0.6 is 0 Å². The van der Waals surface area contributed by atoms with Gasteiger partial charge in [0.05, 0.1) is 0 Å². The highest BCUT2D eigenvalue weighted by Crippen LogP contribution is 2.12. The van der Waals surface area contributed by atoms with Crippen LogP contribution in [-0.4, -0.2) is 16.3 Å². The molecule has 0 unspecified atom stereocenters. The smallest absolute Gasteiger partial charge is 0.0492 e. The Bertz CT molecular complexity index is 485. The second kappa shape index (κ2) is 5.83.